The van der Waals surface area contributed by atoms with Crippen LogP contribution in [0.3, 0.4) is 0 Å². The molecule has 1 atom stereocenters. The van der Waals surface area contributed by atoms with E-state index in [1.165, 1.54) is 6.26 Å². The molecule has 0 fully saturated rings. The Hall–Kier alpha value is -1.36. The van der Waals surface area contributed by atoms with Crippen LogP contribution in [-0.2, 0) is 6.54 Å². The van der Waals surface area contributed by atoms with Gasteiger partial charge in [-0.3, -0.25) is 4.79 Å². The van der Waals surface area contributed by atoms with E-state index >= 15 is 0 Å². The van der Waals surface area contributed by atoms with Crippen molar-refractivity contribution in [2.75, 3.05) is 7.05 Å². The maximum Gasteiger partial charge on any atom is 0.273 e. The standard InChI is InChI=1S/C11H19N3O2/c1-4-5-8(2)13-11(15)9-7-16-10(14-9)6-12-3/h7-8,12H,4-6H2,1-3H3,(H,13,15). The molecule has 0 saturated carbocycles. The Kier molecular flexibility index (Phi) is 4.98. The van der Waals surface area contributed by atoms with E-state index in [2.05, 4.69) is 22.5 Å². The Morgan fingerprint density at radius 2 is 2.38 bits per heavy atom. The number of nitrogens with zero attached hydrogens (tertiary/aromatic N) is 1. The van der Waals surface area contributed by atoms with E-state index in [0.717, 1.165) is 12.8 Å². The van der Waals surface area contributed by atoms with E-state index < -0.39 is 0 Å². The first kappa shape index (κ1) is 12.7. The summed E-state index contributed by atoms with van der Waals surface area (Å²) in [5.41, 5.74) is 0.341. The summed E-state index contributed by atoms with van der Waals surface area (Å²) in [6.07, 6.45) is 3.40. The molecule has 1 aromatic heterocycles. The van der Waals surface area contributed by atoms with Crippen LogP contribution in [-0.4, -0.2) is 24.0 Å². The van der Waals surface area contributed by atoms with E-state index in [1.807, 2.05) is 6.92 Å². The normalized spacial score (nSPS) is 12.4. The minimum atomic E-state index is -0.174. The zero-order chi connectivity index (χ0) is 12.0. The highest BCUT2D eigenvalue weighted by atomic mass is 16.3. The SMILES string of the molecule is CCCC(C)NC(=O)c1coc(CNC)n1. The highest BCUT2D eigenvalue weighted by Crippen LogP contribution is 2.03. The van der Waals surface area contributed by atoms with Gasteiger partial charge in [-0.25, -0.2) is 4.98 Å². The smallest absolute Gasteiger partial charge is 0.273 e. The Morgan fingerprint density at radius 3 is 3.00 bits per heavy atom. The lowest BCUT2D eigenvalue weighted by molar-refractivity contribution is 0.0933. The molecule has 0 aliphatic carbocycles. The molecule has 2 N–H and O–H groups in total. The number of rotatable bonds is 6. The van der Waals surface area contributed by atoms with Crippen LogP contribution >= 0.6 is 0 Å². The lowest BCUT2D eigenvalue weighted by Gasteiger charge is -2.10. The highest BCUT2D eigenvalue weighted by molar-refractivity contribution is 5.92. The second-order valence-corrected chi connectivity index (χ2v) is 3.82. The van der Waals surface area contributed by atoms with Crippen LogP contribution in [0.15, 0.2) is 10.7 Å². The number of nitrogens with one attached hydrogen (secondary N) is 2. The summed E-state index contributed by atoms with van der Waals surface area (Å²) in [5, 5.41) is 5.78. The number of hydrogen-bond acceptors (Lipinski definition) is 4. The number of oxazole rings is 1. The molecule has 1 aromatic rings. The predicted molar refractivity (Wildman–Crippen MR) is 61.1 cm³/mol. The van der Waals surface area contributed by atoms with Crippen molar-refractivity contribution in [2.45, 2.75) is 39.3 Å². The molecular formula is C11H19N3O2. The Balaban J connectivity index is 2.52. The van der Waals surface area contributed by atoms with Crippen molar-refractivity contribution < 1.29 is 9.21 Å². The summed E-state index contributed by atoms with van der Waals surface area (Å²) >= 11 is 0. The summed E-state index contributed by atoms with van der Waals surface area (Å²) in [4.78, 5) is 15.8. The molecule has 1 amide bonds. The zero-order valence-corrected chi connectivity index (χ0v) is 10.0. The molecule has 0 aliphatic heterocycles. The van der Waals surface area contributed by atoms with Gasteiger partial charge >= 0.3 is 0 Å². The maximum atomic E-state index is 11.7. The van der Waals surface area contributed by atoms with Crippen LogP contribution in [0.1, 0.15) is 43.1 Å². The maximum absolute atomic E-state index is 11.7. The van der Waals surface area contributed by atoms with E-state index in [1.54, 1.807) is 7.05 Å². The Labute approximate surface area is 95.6 Å². The predicted octanol–water partition coefficient (Wildman–Crippen LogP) is 1.31. The number of carbonyl (C=O) groups is 1. The average Bonchev–Trinajstić information content (AvgIpc) is 2.67. The minimum absolute atomic E-state index is 0.168. The van der Waals surface area contributed by atoms with Gasteiger partial charge in [0.2, 0.25) is 5.89 Å². The molecule has 0 aromatic carbocycles. The zero-order valence-electron chi connectivity index (χ0n) is 10.0. The number of hydrogen-bond donors (Lipinski definition) is 2. The summed E-state index contributed by atoms with van der Waals surface area (Å²) in [7, 11) is 1.80. The molecule has 0 aliphatic rings. The van der Waals surface area contributed by atoms with E-state index in [4.69, 9.17) is 4.42 Å². The van der Waals surface area contributed by atoms with Crippen molar-refractivity contribution in [3.63, 3.8) is 0 Å². The van der Waals surface area contributed by atoms with Crippen LogP contribution in [0.5, 0.6) is 0 Å². The fraction of sp³-hybridized carbons (Fsp3) is 0.636. The van der Waals surface area contributed by atoms with Gasteiger partial charge in [0, 0.05) is 6.04 Å². The quantitative estimate of drug-likeness (QED) is 0.766. The highest BCUT2D eigenvalue weighted by Gasteiger charge is 2.13. The van der Waals surface area contributed by atoms with E-state index in [-0.39, 0.29) is 11.9 Å². The van der Waals surface area contributed by atoms with Gasteiger partial charge in [0.15, 0.2) is 5.69 Å². The largest absolute Gasteiger partial charge is 0.447 e. The van der Waals surface area contributed by atoms with Gasteiger partial charge in [0.25, 0.3) is 5.91 Å². The van der Waals surface area contributed by atoms with Crippen molar-refractivity contribution >= 4 is 5.91 Å². The van der Waals surface area contributed by atoms with Crippen LogP contribution in [0.4, 0.5) is 0 Å². The van der Waals surface area contributed by atoms with Crippen molar-refractivity contribution in [1.82, 2.24) is 15.6 Å². The molecule has 0 bridgehead atoms. The van der Waals surface area contributed by atoms with Crippen LogP contribution < -0.4 is 10.6 Å². The molecule has 5 heteroatoms. The van der Waals surface area contributed by atoms with Gasteiger partial charge in [0.1, 0.15) is 6.26 Å². The third-order valence-corrected chi connectivity index (χ3v) is 2.21. The van der Waals surface area contributed by atoms with Crippen molar-refractivity contribution in [3.8, 4) is 0 Å². The molecule has 0 radical (unpaired) electrons. The van der Waals surface area contributed by atoms with Gasteiger partial charge in [-0.1, -0.05) is 13.3 Å². The van der Waals surface area contributed by atoms with Gasteiger partial charge in [-0.15, -0.1) is 0 Å². The summed E-state index contributed by atoms with van der Waals surface area (Å²) in [6.45, 7) is 4.59. The topological polar surface area (TPSA) is 67.2 Å². The van der Waals surface area contributed by atoms with Crippen molar-refractivity contribution in [1.29, 1.82) is 0 Å². The molecule has 1 rings (SSSR count). The first-order chi connectivity index (χ1) is 7.67. The van der Waals surface area contributed by atoms with Gasteiger partial charge in [-0.2, -0.15) is 0 Å². The number of carbonyl (C=O) groups excluding carboxylic acids is 1. The van der Waals surface area contributed by atoms with E-state index in [0.29, 0.717) is 18.1 Å². The van der Waals surface area contributed by atoms with Crippen molar-refractivity contribution in [3.05, 3.63) is 17.8 Å². The third-order valence-electron chi connectivity index (χ3n) is 2.21. The molecule has 90 valence electrons. The average molecular weight is 225 g/mol. The summed E-state index contributed by atoms with van der Waals surface area (Å²) < 4.78 is 5.13. The first-order valence-electron chi connectivity index (χ1n) is 5.57. The first-order valence-corrected chi connectivity index (χ1v) is 5.57. The monoisotopic (exact) mass is 225 g/mol. The molecule has 0 spiro atoms. The molecular weight excluding hydrogens is 206 g/mol. The number of aromatic nitrogens is 1. The fourth-order valence-electron chi connectivity index (χ4n) is 1.45. The van der Waals surface area contributed by atoms with E-state index in [9.17, 15) is 4.79 Å². The van der Waals surface area contributed by atoms with Crippen LogP contribution in [0.2, 0.25) is 0 Å². The fourth-order valence-corrected chi connectivity index (χ4v) is 1.45. The summed E-state index contributed by atoms with van der Waals surface area (Å²) in [5.74, 6) is 0.350. The van der Waals surface area contributed by atoms with Crippen molar-refractivity contribution in [2.24, 2.45) is 0 Å². The lowest BCUT2D eigenvalue weighted by Crippen LogP contribution is -2.32. The second-order valence-electron chi connectivity index (χ2n) is 3.82. The molecule has 1 heterocycles. The van der Waals surface area contributed by atoms with Gasteiger partial charge in [-0.05, 0) is 20.4 Å². The van der Waals surface area contributed by atoms with Crippen LogP contribution in [0, 0.1) is 0 Å². The minimum Gasteiger partial charge on any atom is -0.447 e. The summed E-state index contributed by atoms with van der Waals surface area (Å²) in [6, 6.07) is 0.168. The second kappa shape index (κ2) is 6.27. The van der Waals surface area contributed by atoms with Crippen LogP contribution in [0.25, 0.3) is 0 Å². The molecule has 16 heavy (non-hydrogen) atoms. The van der Waals surface area contributed by atoms with Gasteiger partial charge < -0.3 is 15.1 Å². The molecule has 1 unspecified atom stereocenters. The molecule has 5 nitrogen and oxygen atoms in total. The Bertz CT molecular complexity index is 336. The Morgan fingerprint density at radius 1 is 1.62 bits per heavy atom. The third kappa shape index (κ3) is 3.66. The number of amides is 1. The molecule has 0 saturated heterocycles. The lowest BCUT2D eigenvalue weighted by atomic mass is 10.2. The van der Waals surface area contributed by atoms with Gasteiger partial charge in [0.05, 0.1) is 6.54 Å².